The lowest BCUT2D eigenvalue weighted by molar-refractivity contribution is -0.187. The summed E-state index contributed by atoms with van der Waals surface area (Å²) in [4.78, 5) is 11.2. The van der Waals surface area contributed by atoms with Crippen molar-refractivity contribution in [1.29, 1.82) is 0 Å². The van der Waals surface area contributed by atoms with Crippen LogP contribution in [0.1, 0.15) is 18.1 Å². The second-order valence-corrected chi connectivity index (χ2v) is 6.15. The SMILES string of the molecule is CCc1cc2c(c(-c3ccsc3)c1)OC(C(F)(F)F)C(C(=O)O)=C2. The zero-order chi connectivity index (χ0) is 17.5. The predicted molar refractivity (Wildman–Crippen MR) is 85.2 cm³/mol. The molecule has 0 saturated carbocycles. The molecule has 1 unspecified atom stereocenters. The first-order valence-electron chi connectivity index (χ1n) is 7.19. The van der Waals surface area contributed by atoms with Crippen LogP contribution < -0.4 is 4.74 Å². The highest BCUT2D eigenvalue weighted by Gasteiger charge is 2.48. The molecule has 126 valence electrons. The normalized spacial score (nSPS) is 17.0. The number of halogens is 3. The van der Waals surface area contributed by atoms with Gasteiger partial charge in [-0.05, 0) is 52.6 Å². The Balaban J connectivity index is 2.23. The van der Waals surface area contributed by atoms with Gasteiger partial charge in [-0.15, -0.1) is 0 Å². The van der Waals surface area contributed by atoms with Crippen LogP contribution in [0.5, 0.6) is 5.75 Å². The van der Waals surface area contributed by atoms with Crippen molar-refractivity contribution >= 4 is 23.4 Å². The summed E-state index contributed by atoms with van der Waals surface area (Å²) in [7, 11) is 0. The lowest BCUT2D eigenvalue weighted by Crippen LogP contribution is -2.40. The summed E-state index contributed by atoms with van der Waals surface area (Å²) in [6.07, 6.45) is -5.55. The van der Waals surface area contributed by atoms with E-state index >= 15 is 0 Å². The Hall–Kier alpha value is -2.28. The van der Waals surface area contributed by atoms with Gasteiger partial charge in [0.2, 0.25) is 6.10 Å². The van der Waals surface area contributed by atoms with E-state index in [1.165, 1.54) is 11.3 Å². The Bertz CT molecular complexity index is 807. The summed E-state index contributed by atoms with van der Waals surface area (Å²) in [5, 5.41) is 12.8. The smallest absolute Gasteiger partial charge is 0.430 e. The molecule has 1 aliphatic rings. The molecule has 0 saturated heterocycles. The van der Waals surface area contributed by atoms with Gasteiger partial charge >= 0.3 is 12.1 Å². The number of carboxylic acid groups (broad SMARTS) is 1. The predicted octanol–water partition coefficient (Wildman–Crippen LogP) is 4.77. The number of thiophene rings is 1. The molecule has 3 rings (SSSR count). The number of hydrogen-bond acceptors (Lipinski definition) is 3. The Morgan fingerprint density at radius 2 is 2.12 bits per heavy atom. The van der Waals surface area contributed by atoms with Gasteiger partial charge in [-0.3, -0.25) is 0 Å². The number of hydrogen-bond donors (Lipinski definition) is 1. The van der Waals surface area contributed by atoms with Crippen molar-refractivity contribution in [2.45, 2.75) is 25.6 Å². The molecule has 0 amide bonds. The van der Waals surface area contributed by atoms with Crippen molar-refractivity contribution in [1.82, 2.24) is 0 Å². The van der Waals surface area contributed by atoms with Gasteiger partial charge in [0.05, 0.1) is 5.57 Å². The molecule has 7 heteroatoms. The summed E-state index contributed by atoms with van der Waals surface area (Å²) in [6.45, 7) is 1.92. The average Bonchev–Trinajstić information content (AvgIpc) is 3.05. The maximum atomic E-state index is 13.2. The van der Waals surface area contributed by atoms with Gasteiger partial charge in [0.25, 0.3) is 0 Å². The molecule has 0 spiro atoms. The highest BCUT2D eigenvalue weighted by atomic mass is 32.1. The fourth-order valence-electron chi connectivity index (χ4n) is 2.63. The molecule has 0 aliphatic carbocycles. The molecule has 1 atom stereocenters. The van der Waals surface area contributed by atoms with E-state index in [0.717, 1.165) is 17.2 Å². The third-order valence-electron chi connectivity index (χ3n) is 3.79. The second-order valence-electron chi connectivity index (χ2n) is 5.37. The van der Waals surface area contributed by atoms with Crippen LogP contribution in [-0.2, 0) is 11.2 Å². The molecule has 1 aliphatic heterocycles. The minimum absolute atomic E-state index is 0.0675. The number of aliphatic carboxylic acids is 1. The van der Waals surface area contributed by atoms with E-state index in [0.29, 0.717) is 17.5 Å². The van der Waals surface area contributed by atoms with Crippen LogP contribution in [0.4, 0.5) is 13.2 Å². The third kappa shape index (κ3) is 2.91. The van der Waals surface area contributed by atoms with Gasteiger partial charge in [0, 0.05) is 11.1 Å². The monoisotopic (exact) mass is 354 g/mol. The van der Waals surface area contributed by atoms with Crippen LogP contribution in [0.25, 0.3) is 17.2 Å². The van der Waals surface area contributed by atoms with Crippen molar-refractivity contribution in [2.75, 3.05) is 0 Å². The molecule has 0 fully saturated rings. The molecule has 1 N–H and O–H groups in total. The molecule has 2 heterocycles. The molecule has 2 aromatic rings. The largest absolute Gasteiger partial charge is 0.478 e. The highest BCUT2D eigenvalue weighted by molar-refractivity contribution is 7.08. The summed E-state index contributed by atoms with van der Waals surface area (Å²) in [5.41, 5.74) is 1.73. The molecular formula is C17H13F3O3S. The summed E-state index contributed by atoms with van der Waals surface area (Å²) < 4.78 is 44.9. The molecule has 1 aromatic carbocycles. The van der Waals surface area contributed by atoms with Crippen molar-refractivity contribution in [3.8, 4) is 16.9 Å². The van der Waals surface area contributed by atoms with E-state index in [4.69, 9.17) is 9.84 Å². The van der Waals surface area contributed by atoms with Crippen LogP contribution in [0, 0.1) is 0 Å². The zero-order valence-electron chi connectivity index (χ0n) is 12.6. The van der Waals surface area contributed by atoms with E-state index in [9.17, 15) is 18.0 Å². The second kappa shape index (κ2) is 5.98. The van der Waals surface area contributed by atoms with Gasteiger partial charge in [0.1, 0.15) is 5.75 Å². The van der Waals surface area contributed by atoms with Gasteiger partial charge in [-0.2, -0.15) is 24.5 Å². The Kier molecular flexibility index (Phi) is 4.13. The molecule has 0 radical (unpaired) electrons. The number of carboxylic acids is 1. The van der Waals surface area contributed by atoms with Crippen molar-refractivity contribution in [3.05, 3.63) is 45.7 Å². The minimum Gasteiger partial charge on any atom is -0.478 e. The van der Waals surface area contributed by atoms with Crippen molar-refractivity contribution in [3.63, 3.8) is 0 Å². The van der Waals surface area contributed by atoms with Crippen LogP contribution in [0.2, 0.25) is 0 Å². The Morgan fingerprint density at radius 3 is 2.67 bits per heavy atom. The Morgan fingerprint density at radius 1 is 1.38 bits per heavy atom. The van der Waals surface area contributed by atoms with Crippen molar-refractivity contribution < 1.29 is 27.8 Å². The van der Waals surface area contributed by atoms with E-state index in [-0.39, 0.29) is 5.75 Å². The first-order chi connectivity index (χ1) is 11.3. The number of alkyl halides is 3. The summed E-state index contributed by atoms with van der Waals surface area (Å²) >= 11 is 1.42. The summed E-state index contributed by atoms with van der Waals surface area (Å²) in [5.74, 6) is -1.57. The number of benzene rings is 1. The van der Waals surface area contributed by atoms with E-state index in [1.54, 1.807) is 18.2 Å². The van der Waals surface area contributed by atoms with E-state index < -0.39 is 23.8 Å². The Labute approximate surface area is 140 Å². The fraction of sp³-hybridized carbons (Fsp3) is 0.235. The first-order valence-corrected chi connectivity index (χ1v) is 8.13. The molecule has 1 aromatic heterocycles. The number of rotatable bonds is 3. The maximum absolute atomic E-state index is 13.2. The van der Waals surface area contributed by atoms with Crippen molar-refractivity contribution in [2.24, 2.45) is 0 Å². The molecule has 0 bridgehead atoms. The molecule has 3 nitrogen and oxygen atoms in total. The van der Waals surface area contributed by atoms with Crippen LogP contribution in [-0.4, -0.2) is 23.4 Å². The van der Waals surface area contributed by atoms with Gasteiger partial charge in [-0.1, -0.05) is 6.92 Å². The lowest BCUT2D eigenvalue weighted by Gasteiger charge is -2.29. The van der Waals surface area contributed by atoms with Gasteiger partial charge < -0.3 is 9.84 Å². The molecule has 24 heavy (non-hydrogen) atoms. The number of ether oxygens (including phenoxy) is 1. The van der Waals surface area contributed by atoms with Crippen LogP contribution in [0.15, 0.2) is 34.5 Å². The summed E-state index contributed by atoms with van der Waals surface area (Å²) in [6, 6.07) is 5.25. The van der Waals surface area contributed by atoms with Crippen LogP contribution in [0.3, 0.4) is 0 Å². The lowest BCUT2D eigenvalue weighted by atomic mass is 9.94. The quantitative estimate of drug-likeness (QED) is 0.864. The standard InChI is InChI=1S/C17H13F3O3S/c1-2-9-5-11-7-13(16(21)22)15(17(18,19)20)23-14(11)12(6-9)10-3-4-24-8-10/h3-8,15H,2H2,1H3,(H,21,22). The number of aryl methyl sites for hydroxylation is 1. The molecular weight excluding hydrogens is 341 g/mol. The van der Waals surface area contributed by atoms with Gasteiger partial charge in [0.15, 0.2) is 0 Å². The van der Waals surface area contributed by atoms with E-state index in [2.05, 4.69) is 0 Å². The first kappa shape index (κ1) is 16.6. The zero-order valence-corrected chi connectivity index (χ0v) is 13.4. The maximum Gasteiger partial charge on any atom is 0.430 e. The van der Waals surface area contributed by atoms with E-state index in [1.807, 2.05) is 17.7 Å². The topological polar surface area (TPSA) is 46.5 Å². The van der Waals surface area contributed by atoms with Gasteiger partial charge in [-0.25, -0.2) is 4.79 Å². The average molecular weight is 354 g/mol. The van der Waals surface area contributed by atoms with Crippen LogP contribution >= 0.6 is 11.3 Å². The number of fused-ring (bicyclic) bond motifs is 1. The fourth-order valence-corrected chi connectivity index (χ4v) is 3.29. The third-order valence-corrected chi connectivity index (χ3v) is 4.47. The minimum atomic E-state index is -4.81. The number of carbonyl (C=O) groups is 1. The highest BCUT2D eigenvalue weighted by Crippen LogP contribution is 2.43.